The molecule has 2 aromatic heterocycles. The van der Waals surface area contributed by atoms with Crippen molar-refractivity contribution in [1.82, 2.24) is 19.9 Å². The Kier molecular flexibility index (Phi) is 4.85. The van der Waals surface area contributed by atoms with Gasteiger partial charge in [0.2, 0.25) is 5.91 Å². The number of aromatic nitrogens is 3. The van der Waals surface area contributed by atoms with Crippen molar-refractivity contribution in [3.63, 3.8) is 0 Å². The first-order valence-electron chi connectivity index (χ1n) is 7.90. The number of nitrogens with zero attached hydrogens (tertiary/aromatic N) is 4. The average molecular weight is 331 g/mol. The Balaban J connectivity index is 1.65. The number of piperidine rings is 1. The number of carbonyl (C=O) groups is 1. The summed E-state index contributed by atoms with van der Waals surface area (Å²) in [7, 11) is 0. The van der Waals surface area contributed by atoms with Crippen LogP contribution in [0.2, 0.25) is 0 Å². The first-order valence-corrected chi connectivity index (χ1v) is 8.78. The van der Waals surface area contributed by atoms with Crippen molar-refractivity contribution in [1.29, 1.82) is 0 Å². The Labute approximate surface area is 140 Å². The van der Waals surface area contributed by atoms with Crippen LogP contribution in [0.4, 0.5) is 10.9 Å². The summed E-state index contributed by atoms with van der Waals surface area (Å²) in [6, 6.07) is 0. The monoisotopic (exact) mass is 331 g/mol. The van der Waals surface area contributed by atoms with Gasteiger partial charge < -0.3 is 10.2 Å². The number of hydrogen-bond acceptors (Lipinski definition) is 6. The molecule has 1 aliphatic rings. The predicted octanol–water partition coefficient (Wildman–Crippen LogP) is 3.04. The molecule has 3 heterocycles. The molecule has 0 unspecified atom stereocenters. The molecule has 122 valence electrons. The minimum atomic E-state index is 0.0460. The molecule has 0 spiro atoms. The molecule has 0 aliphatic carbocycles. The van der Waals surface area contributed by atoms with E-state index < -0.39 is 0 Å². The zero-order valence-electron chi connectivity index (χ0n) is 13.4. The molecular formula is C16H21N5OS. The average Bonchev–Trinajstić information content (AvgIpc) is 3.08. The number of hydrogen-bond donors (Lipinski definition) is 1. The number of likely N-dealkylation sites (tertiary alicyclic amines) is 1. The van der Waals surface area contributed by atoms with E-state index in [4.69, 9.17) is 0 Å². The molecule has 0 aromatic carbocycles. The van der Waals surface area contributed by atoms with Crippen molar-refractivity contribution in [2.24, 2.45) is 5.92 Å². The third kappa shape index (κ3) is 3.85. The number of anilines is 2. The van der Waals surface area contributed by atoms with Gasteiger partial charge in [-0.25, -0.2) is 9.97 Å². The summed E-state index contributed by atoms with van der Waals surface area (Å²) in [6.07, 6.45) is 7.36. The normalized spacial score (nSPS) is 18.2. The van der Waals surface area contributed by atoms with Crippen molar-refractivity contribution in [3.05, 3.63) is 29.7 Å². The van der Waals surface area contributed by atoms with Gasteiger partial charge in [-0.05, 0) is 12.8 Å². The van der Waals surface area contributed by atoms with Crippen LogP contribution < -0.4 is 5.32 Å². The topological polar surface area (TPSA) is 71.0 Å². The van der Waals surface area contributed by atoms with Crippen LogP contribution in [0.15, 0.2) is 24.0 Å². The van der Waals surface area contributed by atoms with Crippen LogP contribution in [0.1, 0.15) is 38.3 Å². The lowest BCUT2D eigenvalue weighted by Gasteiger charge is -2.33. The minimum Gasteiger partial charge on any atom is -0.342 e. The van der Waals surface area contributed by atoms with Crippen LogP contribution in [0.25, 0.3) is 0 Å². The molecule has 2 aromatic rings. The molecule has 1 atom stereocenters. The maximum Gasteiger partial charge on any atom is 0.225 e. The number of nitrogens with one attached hydrogen (secondary N) is 1. The zero-order valence-corrected chi connectivity index (χ0v) is 14.2. The van der Waals surface area contributed by atoms with Gasteiger partial charge >= 0.3 is 0 Å². The first-order chi connectivity index (χ1) is 11.1. The number of amides is 1. The van der Waals surface area contributed by atoms with Gasteiger partial charge in [-0.3, -0.25) is 9.78 Å². The molecule has 1 aliphatic heterocycles. The molecule has 1 amide bonds. The van der Waals surface area contributed by atoms with Gasteiger partial charge in [0.25, 0.3) is 0 Å². The quantitative estimate of drug-likeness (QED) is 0.932. The van der Waals surface area contributed by atoms with E-state index >= 15 is 0 Å². The highest BCUT2D eigenvalue weighted by molar-refractivity contribution is 7.13. The van der Waals surface area contributed by atoms with Crippen LogP contribution in [0.5, 0.6) is 0 Å². The molecule has 0 bridgehead atoms. The fourth-order valence-corrected chi connectivity index (χ4v) is 3.33. The molecule has 7 heteroatoms. The minimum absolute atomic E-state index is 0.0460. The Morgan fingerprint density at radius 1 is 1.35 bits per heavy atom. The largest absolute Gasteiger partial charge is 0.342 e. The van der Waals surface area contributed by atoms with Crippen molar-refractivity contribution >= 4 is 28.2 Å². The number of carbonyl (C=O) groups excluding carboxylic acids is 1. The van der Waals surface area contributed by atoms with Gasteiger partial charge in [-0.15, -0.1) is 11.3 Å². The molecule has 0 radical (unpaired) electrons. The van der Waals surface area contributed by atoms with E-state index in [1.807, 2.05) is 30.3 Å². The second kappa shape index (κ2) is 7.04. The first kappa shape index (κ1) is 15.9. The number of rotatable bonds is 4. The molecule has 1 saturated heterocycles. The molecule has 0 saturated carbocycles. The molecular weight excluding hydrogens is 310 g/mol. The third-order valence-electron chi connectivity index (χ3n) is 3.98. The van der Waals surface area contributed by atoms with Crippen molar-refractivity contribution < 1.29 is 4.79 Å². The third-order valence-corrected chi connectivity index (χ3v) is 4.67. The lowest BCUT2D eigenvalue weighted by atomic mass is 9.94. The Morgan fingerprint density at radius 3 is 2.87 bits per heavy atom. The highest BCUT2D eigenvalue weighted by atomic mass is 32.1. The molecule has 3 rings (SSSR count). The van der Waals surface area contributed by atoms with E-state index in [9.17, 15) is 4.79 Å². The second-order valence-corrected chi connectivity index (χ2v) is 6.96. The fraction of sp³-hybridized carbons (Fsp3) is 0.500. The maximum absolute atomic E-state index is 12.2. The van der Waals surface area contributed by atoms with Gasteiger partial charge in [0.1, 0.15) is 0 Å². The van der Waals surface area contributed by atoms with Gasteiger partial charge in [0.15, 0.2) is 10.9 Å². The maximum atomic E-state index is 12.2. The van der Waals surface area contributed by atoms with E-state index in [0.29, 0.717) is 5.82 Å². The lowest BCUT2D eigenvalue weighted by molar-refractivity contribution is -0.135. The molecule has 6 nitrogen and oxygen atoms in total. The summed E-state index contributed by atoms with van der Waals surface area (Å²) < 4.78 is 0. The Hall–Kier alpha value is -2.02. The van der Waals surface area contributed by atoms with Crippen LogP contribution in [-0.2, 0) is 4.79 Å². The van der Waals surface area contributed by atoms with Gasteiger partial charge in [0.05, 0.1) is 18.1 Å². The van der Waals surface area contributed by atoms with E-state index in [2.05, 4.69) is 20.3 Å². The van der Waals surface area contributed by atoms with Crippen LogP contribution in [0, 0.1) is 5.92 Å². The standard InChI is InChI=1S/C16H21N5OS/c1-11(2)15(22)21-6-3-4-12(10-21)13-8-19-14(9-18-13)20-16-17-5-7-23-16/h5,7-9,11-12H,3-4,6,10H2,1-2H3,(H,17,19,20)/t12-/m1/s1. The summed E-state index contributed by atoms with van der Waals surface area (Å²) in [5, 5.41) is 5.84. The van der Waals surface area contributed by atoms with Crippen LogP contribution >= 0.6 is 11.3 Å². The van der Waals surface area contributed by atoms with Crippen LogP contribution in [-0.4, -0.2) is 38.8 Å². The summed E-state index contributed by atoms with van der Waals surface area (Å²) in [5.41, 5.74) is 0.955. The van der Waals surface area contributed by atoms with Gasteiger partial charge in [0, 0.05) is 36.5 Å². The van der Waals surface area contributed by atoms with E-state index in [1.165, 1.54) is 11.3 Å². The van der Waals surface area contributed by atoms with E-state index in [-0.39, 0.29) is 17.7 Å². The van der Waals surface area contributed by atoms with Crippen LogP contribution in [0.3, 0.4) is 0 Å². The lowest BCUT2D eigenvalue weighted by Crippen LogP contribution is -2.41. The fourth-order valence-electron chi connectivity index (χ4n) is 2.79. The number of thiazole rings is 1. The summed E-state index contributed by atoms with van der Waals surface area (Å²) in [6.45, 7) is 5.49. The summed E-state index contributed by atoms with van der Waals surface area (Å²) in [4.78, 5) is 27.3. The summed E-state index contributed by atoms with van der Waals surface area (Å²) in [5.74, 6) is 1.23. The van der Waals surface area contributed by atoms with Crippen molar-refractivity contribution in [3.8, 4) is 0 Å². The van der Waals surface area contributed by atoms with Gasteiger partial charge in [-0.1, -0.05) is 13.8 Å². The van der Waals surface area contributed by atoms with Crippen molar-refractivity contribution in [2.75, 3.05) is 18.4 Å². The Bertz CT molecular complexity index is 641. The van der Waals surface area contributed by atoms with Gasteiger partial charge in [-0.2, -0.15) is 0 Å². The predicted molar refractivity (Wildman–Crippen MR) is 90.8 cm³/mol. The summed E-state index contributed by atoms with van der Waals surface area (Å²) >= 11 is 1.52. The zero-order chi connectivity index (χ0) is 16.2. The van der Waals surface area contributed by atoms with E-state index in [0.717, 1.165) is 36.8 Å². The molecule has 23 heavy (non-hydrogen) atoms. The molecule has 1 N–H and O–H groups in total. The second-order valence-electron chi connectivity index (χ2n) is 6.07. The smallest absolute Gasteiger partial charge is 0.225 e. The van der Waals surface area contributed by atoms with Crippen molar-refractivity contribution in [2.45, 2.75) is 32.6 Å². The Morgan fingerprint density at radius 2 is 2.22 bits per heavy atom. The SMILES string of the molecule is CC(C)C(=O)N1CCC[C@@H](c2cnc(Nc3nccs3)cn2)C1. The highest BCUT2D eigenvalue weighted by Crippen LogP contribution is 2.26. The highest BCUT2D eigenvalue weighted by Gasteiger charge is 2.26. The molecule has 1 fully saturated rings. The van der Waals surface area contributed by atoms with E-state index in [1.54, 1.807) is 12.4 Å².